The van der Waals surface area contributed by atoms with Gasteiger partial charge in [-0.2, -0.15) is 0 Å². The Morgan fingerprint density at radius 1 is 1.33 bits per heavy atom. The van der Waals surface area contributed by atoms with Gasteiger partial charge in [0.2, 0.25) is 0 Å². The number of ether oxygens (including phenoxy) is 2. The molecule has 0 N–H and O–H groups in total. The predicted octanol–water partition coefficient (Wildman–Crippen LogP) is 4.14. The van der Waals surface area contributed by atoms with E-state index in [1.807, 2.05) is 0 Å². The molecular weight excluding hydrogens is 300 g/mol. The zero-order valence-electron chi connectivity index (χ0n) is 15.0. The number of esters is 1. The lowest BCUT2D eigenvalue weighted by molar-refractivity contribution is -0.143. The monoisotopic (exact) mass is 326 g/mol. The Hall–Kier alpha value is -1.77. The van der Waals surface area contributed by atoms with E-state index < -0.39 is 0 Å². The molecule has 3 atom stereocenters. The van der Waals surface area contributed by atoms with Crippen molar-refractivity contribution in [3.8, 4) is 5.75 Å². The lowest BCUT2D eigenvalue weighted by Gasteiger charge is -2.47. The van der Waals surface area contributed by atoms with Gasteiger partial charge in [-0.1, -0.05) is 39.0 Å². The lowest BCUT2D eigenvalue weighted by Crippen LogP contribution is -2.45. The summed E-state index contributed by atoms with van der Waals surface area (Å²) in [5.74, 6) is 1.79. The van der Waals surface area contributed by atoms with Crippen LogP contribution in [-0.4, -0.2) is 19.7 Å². The first-order chi connectivity index (χ1) is 11.5. The fourth-order valence-electron chi connectivity index (χ4n) is 5.18. The summed E-state index contributed by atoms with van der Waals surface area (Å²) in [7, 11) is 1.78. The fraction of sp³-hybridized carbons (Fsp3) is 0.571. The molecule has 0 spiro atoms. The van der Waals surface area contributed by atoms with Crippen molar-refractivity contribution in [1.82, 2.24) is 0 Å². The molecule has 3 heteroatoms. The van der Waals surface area contributed by atoms with Gasteiger partial charge in [0.1, 0.15) is 12.4 Å². The zero-order chi connectivity index (χ0) is 17.1. The van der Waals surface area contributed by atoms with Crippen molar-refractivity contribution in [1.29, 1.82) is 0 Å². The molecule has 0 amide bonds. The van der Waals surface area contributed by atoms with Gasteiger partial charge in [0, 0.05) is 5.41 Å². The Kier molecular flexibility index (Phi) is 3.52. The molecule has 4 rings (SSSR count). The number of hydrogen-bond acceptors (Lipinski definition) is 3. The SMILES string of the molecule is COc1c(C(C)C)ccc2c1CC[C@H]1[C@H]3C(=O)OCC3=CC[C@]21C. The first kappa shape index (κ1) is 15.7. The minimum atomic E-state index is -0.0346. The van der Waals surface area contributed by atoms with Gasteiger partial charge in [-0.25, -0.2) is 0 Å². The Morgan fingerprint density at radius 3 is 2.83 bits per heavy atom. The summed E-state index contributed by atoms with van der Waals surface area (Å²) in [6, 6.07) is 4.51. The second-order valence-electron chi connectivity index (χ2n) is 8.00. The van der Waals surface area contributed by atoms with E-state index >= 15 is 0 Å². The first-order valence-electron chi connectivity index (χ1n) is 9.03. The zero-order valence-corrected chi connectivity index (χ0v) is 15.0. The normalized spacial score (nSPS) is 31.0. The third-order valence-corrected chi connectivity index (χ3v) is 6.48. The van der Waals surface area contributed by atoms with Crippen LogP contribution in [0.2, 0.25) is 0 Å². The molecule has 1 fully saturated rings. The molecule has 0 saturated carbocycles. The summed E-state index contributed by atoms with van der Waals surface area (Å²) in [6.07, 6.45) is 5.25. The second-order valence-corrected chi connectivity index (χ2v) is 8.00. The third-order valence-electron chi connectivity index (χ3n) is 6.48. The van der Waals surface area contributed by atoms with E-state index in [9.17, 15) is 4.79 Å². The molecule has 2 aliphatic carbocycles. The molecule has 1 saturated heterocycles. The van der Waals surface area contributed by atoms with Crippen LogP contribution >= 0.6 is 0 Å². The average Bonchev–Trinajstić information content (AvgIpc) is 2.94. The van der Waals surface area contributed by atoms with Crippen molar-refractivity contribution in [3.05, 3.63) is 40.5 Å². The average molecular weight is 326 g/mol. The number of methoxy groups -OCH3 is 1. The highest BCUT2D eigenvalue weighted by Gasteiger charge is 2.52. The first-order valence-corrected chi connectivity index (χ1v) is 9.03. The molecule has 0 bridgehead atoms. The molecule has 1 aromatic carbocycles. The molecule has 1 aliphatic heterocycles. The van der Waals surface area contributed by atoms with Gasteiger partial charge in [0.05, 0.1) is 13.0 Å². The summed E-state index contributed by atoms with van der Waals surface area (Å²) in [5.41, 5.74) is 5.21. The highest BCUT2D eigenvalue weighted by atomic mass is 16.5. The lowest BCUT2D eigenvalue weighted by atomic mass is 9.55. The molecule has 1 aromatic rings. The van der Waals surface area contributed by atoms with Crippen molar-refractivity contribution in [2.75, 3.05) is 13.7 Å². The summed E-state index contributed by atoms with van der Waals surface area (Å²) in [5, 5.41) is 0. The highest BCUT2D eigenvalue weighted by Crippen LogP contribution is 2.55. The van der Waals surface area contributed by atoms with Crippen LogP contribution < -0.4 is 4.74 Å². The standard InChI is InChI=1S/C21H26O3/c1-12(2)14-5-7-16-15(19(14)23-4)6-8-17-18-13(11-24-20(18)22)9-10-21(16,17)3/h5,7,9,12,17-18H,6,8,10-11H2,1-4H3/t17-,18-,21+/m0/s1. The van der Waals surface area contributed by atoms with Crippen LogP contribution in [0.25, 0.3) is 0 Å². The van der Waals surface area contributed by atoms with E-state index in [1.54, 1.807) is 7.11 Å². The molecule has 0 aromatic heterocycles. The molecule has 0 unspecified atom stereocenters. The number of cyclic esters (lactones) is 1. The van der Waals surface area contributed by atoms with Crippen LogP contribution in [0.4, 0.5) is 0 Å². The Balaban J connectivity index is 1.85. The van der Waals surface area contributed by atoms with Gasteiger partial charge in [-0.3, -0.25) is 4.79 Å². The van der Waals surface area contributed by atoms with E-state index in [2.05, 4.69) is 39.0 Å². The van der Waals surface area contributed by atoms with Gasteiger partial charge in [0.15, 0.2) is 0 Å². The van der Waals surface area contributed by atoms with Gasteiger partial charge in [-0.05, 0) is 53.4 Å². The van der Waals surface area contributed by atoms with E-state index in [4.69, 9.17) is 9.47 Å². The Morgan fingerprint density at radius 2 is 2.12 bits per heavy atom. The maximum atomic E-state index is 12.3. The molecular formula is C21H26O3. The second kappa shape index (κ2) is 5.37. The third kappa shape index (κ3) is 2.00. The van der Waals surface area contributed by atoms with E-state index in [0.29, 0.717) is 18.4 Å². The van der Waals surface area contributed by atoms with Crippen LogP contribution in [0, 0.1) is 11.8 Å². The number of benzene rings is 1. The van der Waals surface area contributed by atoms with Crippen LogP contribution in [0.5, 0.6) is 5.75 Å². The number of carbonyl (C=O) groups excluding carboxylic acids is 1. The largest absolute Gasteiger partial charge is 0.496 e. The maximum Gasteiger partial charge on any atom is 0.313 e. The minimum Gasteiger partial charge on any atom is -0.496 e. The van der Waals surface area contributed by atoms with Gasteiger partial charge in [-0.15, -0.1) is 0 Å². The van der Waals surface area contributed by atoms with Gasteiger partial charge >= 0.3 is 5.97 Å². The van der Waals surface area contributed by atoms with Gasteiger partial charge < -0.3 is 9.47 Å². The van der Waals surface area contributed by atoms with Crippen LogP contribution in [0.1, 0.15) is 56.2 Å². The fourth-order valence-corrected chi connectivity index (χ4v) is 5.18. The molecule has 3 aliphatic rings. The number of fused-ring (bicyclic) bond motifs is 5. The summed E-state index contributed by atoms with van der Waals surface area (Å²) in [4.78, 5) is 12.3. The van der Waals surface area contributed by atoms with Crippen LogP contribution in [0.3, 0.4) is 0 Å². The van der Waals surface area contributed by atoms with Gasteiger partial charge in [0.25, 0.3) is 0 Å². The summed E-state index contributed by atoms with van der Waals surface area (Å²) in [6.45, 7) is 7.24. The Bertz CT molecular complexity index is 731. The highest BCUT2D eigenvalue weighted by molar-refractivity contribution is 5.80. The van der Waals surface area contributed by atoms with Crippen molar-refractivity contribution in [2.24, 2.45) is 11.8 Å². The molecule has 0 radical (unpaired) electrons. The van der Waals surface area contributed by atoms with Crippen LogP contribution in [-0.2, 0) is 21.4 Å². The van der Waals surface area contributed by atoms with Crippen molar-refractivity contribution >= 4 is 5.97 Å². The topological polar surface area (TPSA) is 35.5 Å². The summed E-state index contributed by atoms with van der Waals surface area (Å²) >= 11 is 0. The number of hydrogen-bond donors (Lipinski definition) is 0. The number of carbonyl (C=O) groups is 1. The van der Waals surface area contributed by atoms with Crippen LogP contribution in [0.15, 0.2) is 23.8 Å². The predicted molar refractivity (Wildman–Crippen MR) is 93.4 cm³/mol. The Labute approximate surface area is 144 Å². The smallest absolute Gasteiger partial charge is 0.313 e. The molecule has 128 valence electrons. The number of allylic oxidation sites excluding steroid dienone is 1. The maximum absolute atomic E-state index is 12.3. The number of rotatable bonds is 2. The van der Waals surface area contributed by atoms with E-state index in [-0.39, 0.29) is 17.3 Å². The van der Waals surface area contributed by atoms with Crippen molar-refractivity contribution in [2.45, 2.75) is 51.4 Å². The molecule has 3 nitrogen and oxygen atoms in total. The van der Waals surface area contributed by atoms with Crippen molar-refractivity contribution in [3.63, 3.8) is 0 Å². The molecule has 1 heterocycles. The quantitative estimate of drug-likeness (QED) is 0.605. The molecule has 24 heavy (non-hydrogen) atoms. The summed E-state index contributed by atoms with van der Waals surface area (Å²) < 4.78 is 11.2. The van der Waals surface area contributed by atoms with E-state index in [1.165, 1.54) is 22.3 Å². The van der Waals surface area contributed by atoms with Crippen molar-refractivity contribution < 1.29 is 14.3 Å². The minimum absolute atomic E-state index is 0.00605. The van der Waals surface area contributed by atoms with E-state index in [0.717, 1.165) is 25.0 Å².